The molecule has 0 aliphatic heterocycles. The van der Waals surface area contributed by atoms with Crippen LogP contribution in [0.4, 0.5) is 4.39 Å². The van der Waals surface area contributed by atoms with Crippen molar-refractivity contribution in [3.8, 4) is 5.69 Å². The number of nitrogens with zero attached hydrogens (tertiary/aromatic N) is 2. The molecule has 1 atom stereocenters. The molecule has 0 bridgehead atoms. The normalized spacial score (nSPS) is 12.0. The Hall–Kier alpha value is -2.99. The molecule has 128 valence electrons. The molecule has 5 nitrogen and oxygen atoms in total. The van der Waals surface area contributed by atoms with Crippen LogP contribution in [0.2, 0.25) is 0 Å². The second-order valence-corrected chi connectivity index (χ2v) is 5.68. The van der Waals surface area contributed by atoms with Crippen molar-refractivity contribution in [2.45, 2.75) is 13.0 Å². The van der Waals surface area contributed by atoms with Crippen LogP contribution in [0.1, 0.15) is 27.7 Å². The van der Waals surface area contributed by atoms with Gasteiger partial charge in [0, 0.05) is 12.7 Å². The first-order valence-corrected chi connectivity index (χ1v) is 7.88. The van der Waals surface area contributed by atoms with Gasteiger partial charge < -0.3 is 10.4 Å². The number of nitrogens with one attached hydrogen (secondary N) is 1. The van der Waals surface area contributed by atoms with Crippen molar-refractivity contribution >= 4 is 5.91 Å². The van der Waals surface area contributed by atoms with Crippen LogP contribution < -0.4 is 5.32 Å². The molecule has 0 aliphatic carbocycles. The van der Waals surface area contributed by atoms with E-state index in [1.165, 1.54) is 23.0 Å². The van der Waals surface area contributed by atoms with Gasteiger partial charge in [-0.3, -0.25) is 4.79 Å². The minimum absolute atomic E-state index is 0.0657. The van der Waals surface area contributed by atoms with E-state index in [4.69, 9.17) is 0 Å². The minimum Gasteiger partial charge on any atom is -0.387 e. The lowest BCUT2D eigenvalue weighted by molar-refractivity contribution is 0.0910. The summed E-state index contributed by atoms with van der Waals surface area (Å²) in [4.78, 5) is 12.2. The molecule has 6 heteroatoms. The SMILES string of the molecule is Cc1ccccc1C(O)CNC(=O)c1ccn(-c2ccccc2F)n1. The number of amides is 1. The third-order valence-corrected chi connectivity index (χ3v) is 3.92. The number of halogens is 1. The molecular weight excluding hydrogens is 321 g/mol. The Morgan fingerprint density at radius 3 is 2.68 bits per heavy atom. The number of aliphatic hydroxyl groups excluding tert-OH is 1. The van der Waals surface area contributed by atoms with E-state index in [1.807, 2.05) is 31.2 Å². The highest BCUT2D eigenvalue weighted by Crippen LogP contribution is 2.16. The number of benzene rings is 2. The van der Waals surface area contributed by atoms with Crippen molar-refractivity contribution in [2.75, 3.05) is 6.54 Å². The van der Waals surface area contributed by atoms with E-state index in [0.717, 1.165) is 11.1 Å². The number of rotatable bonds is 5. The third-order valence-electron chi connectivity index (χ3n) is 3.92. The molecule has 1 unspecified atom stereocenters. The summed E-state index contributed by atoms with van der Waals surface area (Å²) in [6, 6.07) is 15.1. The summed E-state index contributed by atoms with van der Waals surface area (Å²) in [6.07, 6.45) is 0.712. The Kier molecular flexibility index (Phi) is 4.90. The van der Waals surface area contributed by atoms with Crippen LogP contribution >= 0.6 is 0 Å². The fourth-order valence-electron chi connectivity index (χ4n) is 2.57. The zero-order valence-corrected chi connectivity index (χ0v) is 13.7. The molecule has 0 aliphatic rings. The molecule has 1 amide bonds. The maximum atomic E-state index is 13.8. The number of para-hydroxylation sites is 1. The monoisotopic (exact) mass is 339 g/mol. The van der Waals surface area contributed by atoms with E-state index in [9.17, 15) is 14.3 Å². The average molecular weight is 339 g/mol. The first-order chi connectivity index (χ1) is 12.1. The number of hydrogen-bond donors (Lipinski definition) is 2. The summed E-state index contributed by atoms with van der Waals surface area (Å²) in [6.45, 7) is 1.96. The molecule has 0 fully saturated rings. The molecule has 0 saturated carbocycles. The van der Waals surface area contributed by atoms with Crippen LogP contribution in [-0.4, -0.2) is 27.3 Å². The summed E-state index contributed by atoms with van der Waals surface area (Å²) in [5.74, 6) is -0.852. The first kappa shape index (κ1) is 16.9. The topological polar surface area (TPSA) is 67.2 Å². The van der Waals surface area contributed by atoms with Gasteiger partial charge in [-0.05, 0) is 36.2 Å². The Morgan fingerprint density at radius 2 is 1.92 bits per heavy atom. The summed E-state index contributed by atoms with van der Waals surface area (Å²) >= 11 is 0. The number of hydrogen-bond acceptors (Lipinski definition) is 3. The molecule has 0 radical (unpaired) electrons. The van der Waals surface area contributed by atoms with Gasteiger partial charge in [0.15, 0.2) is 5.69 Å². The predicted octanol–water partition coefficient (Wildman–Crippen LogP) is 2.78. The number of carbonyl (C=O) groups is 1. The summed E-state index contributed by atoms with van der Waals surface area (Å²) in [5.41, 5.74) is 2.13. The fraction of sp³-hybridized carbons (Fsp3) is 0.158. The first-order valence-electron chi connectivity index (χ1n) is 7.88. The van der Waals surface area contributed by atoms with Crippen LogP contribution in [0.3, 0.4) is 0 Å². The molecule has 0 saturated heterocycles. The van der Waals surface area contributed by atoms with Gasteiger partial charge in [0.05, 0.1) is 6.10 Å². The van der Waals surface area contributed by atoms with E-state index in [0.29, 0.717) is 0 Å². The number of aromatic nitrogens is 2. The number of aliphatic hydroxyl groups is 1. The molecule has 25 heavy (non-hydrogen) atoms. The predicted molar refractivity (Wildman–Crippen MR) is 92.0 cm³/mol. The van der Waals surface area contributed by atoms with Crippen molar-refractivity contribution in [1.29, 1.82) is 0 Å². The average Bonchev–Trinajstić information content (AvgIpc) is 3.10. The zero-order valence-electron chi connectivity index (χ0n) is 13.7. The van der Waals surface area contributed by atoms with Crippen LogP contribution in [0, 0.1) is 12.7 Å². The van der Waals surface area contributed by atoms with E-state index in [2.05, 4.69) is 10.4 Å². The maximum absolute atomic E-state index is 13.8. The Balaban J connectivity index is 1.67. The lowest BCUT2D eigenvalue weighted by Crippen LogP contribution is -2.29. The van der Waals surface area contributed by atoms with Crippen LogP contribution in [0.15, 0.2) is 60.8 Å². The van der Waals surface area contributed by atoms with E-state index in [-0.39, 0.29) is 17.9 Å². The molecular formula is C19H18FN3O2. The van der Waals surface area contributed by atoms with E-state index < -0.39 is 17.8 Å². The molecule has 3 aromatic rings. The van der Waals surface area contributed by atoms with Gasteiger partial charge in [-0.15, -0.1) is 0 Å². The molecule has 3 rings (SSSR count). The summed E-state index contributed by atoms with van der Waals surface area (Å²) in [5, 5.41) is 17.0. The molecule has 1 heterocycles. The lowest BCUT2D eigenvalue weighted by Gasteiger charge is -2.14. The highest BCUT2D eigenvalue weighted by atomic mass is 19.1. The molecule has 0 spiro atoms. The van der Waals surface area contributed by atoms with Gasteiger partial charge in [0.25, 0.3) is 5.91 Å². The van der Waals surface area contributed by atoms with Crippen LogP contribution in [0.25, 0.3) is 5.69 Å². The second-order valence-electron chi connectivity index (χ2n) is 5.68. The standard InChI is InChI=1S/C19H18FN3O2/c1-13-6-2-3-7-14(13)18(24)12-21-19(25)16-10-11-23(22-16)17-9-5-4-8-15(17)20/h2-11,18,24H,12H2,1H3,(H,21,25). The molecule has 2 aromatic carbocycles. The van der Waals surface area contributed by atoms with Gasteiger partial charge >= 0.3 is 0 Å². The summed E-state index contributed by atoms with van der Waals surface area (Å²) < 4.78 is 15.1. The minimum atomic E-state index is -0.807. The maximum Gasteiger partial charge on any atom is 0.271 e. The Labute approximate surface area is 144 Å². The summed E-state index contributed by atoms with van der Waals surface area (Å²) in [7, 11) is 0. The smallest absolute Gasteiger partial charge is 0.271 e. The van der Waals surface area contributed by atoms with Gasteiger partial charge in [0.2, 0.25) is 0 Å². The largest absolute Gasteiger partial charge is 0.387 e. The van der Waals surface area contributed by atoms with Crippen molar-refractivity contribution in [1.82, 2.24) is 15.1 Å². The van der Waals surface area contributed by atoms with Crippen molar-refractivity contribution < 1.29 is 14.3 Å². The number of aryl methyl sites for hydroxylation is 1. The lowest BCUT2D eigenvalue weighted by atomic mass is 10.0. The molecule has 2 N–H and O–H groups in total. The Bertz CT molecular complexity index is 892. The van der Waals surface area contributed by atoms with Gasteiger partial charge in [0.1, 0.15) is 11.5 Å². The van der Waals surface area contributed by atoms with Gasteiger partial charge in [-0.2, -0.15) is 5.10 Å². The third kappa shape index (κ3) is 3.75. The van der Waals surface area contributed by atoms with Crippen LogP contribution in [0.5, 0.6) is 0 Å². The zero-order chi connectivity index (χ0) is 17.8. The highest BCUT2D eigenvalue weighted by molar-refractivity contribution is 5.92. The van der Waals surface area contributed by atoms with Gasteiger partial charge in [-0.25, -0.2) is 9.07 Å². The quantitative estimate of drug-likeness (QED) is 0.751. The number of carbonyl (C=O) groups excluding carboxylic acids is 1. The molecule has 1 aromatic heterocycles. The van der Waals surface area contributed by atoms with Crippen LogP contribution in [-0.2, 0) is 0 Å². The Morgan fingerprint density at radius 1 is 1.20 bits per heavy atom. The van der Waals surface area contributed by atoms with E-state index in [1.54, 1.807) is 18.2 Å². The van der Waals surface area contributed by atoms with Crippen molar-refractivity contribution in [3.63, 3.8) is 0 Å². The van der Waals surface area contributed by atoms with Gasteiger partial charge in [-0.1, -0.05) is 36.4 Å². The van der Waals surface area contributed by atoms with Crippen molar-refractivity contribution in [3.05, 3.63) is 83.4 Å². The van der Waals surface area contributed by atoms with E-state index >= 15 is 0 Å². The fourth-order valence-corrected chi connectivity index (χ4v) is 2.57. The highest BCUT2D eigenvalue weighted by Gasteiger charge is 2.15. The second kappa shape index (κ2) is 7.27. The van der Waals surface area contributed by atoms with Crippen molar-refractivity contribution in [2.24, 2.45) is 0 Å².